The number of thiophene rings is 1. The summed E-state index contributed by atoms with van der Waals surface area (Å²) in [6.07, 6.45) is -0.726. The van der Waals surface area contributed by atoms with E-state index in [2.05, 4.69) is 27.9 Å². The summed E-state index contributed by atoms with van der Waals surface area (Å²) in [7, 11) is 0. The molecule has 3 rings (SSSR count). The van der Waals surface area contributed by atoms with Crippen molar-refractivity contribution in [3.8, 4) is 5.75 Å². The molecule has 0 spiro atoms. The SMILES string of the molecule is O=C1NCCOc2ccc(C(O)c3csc(I)c3)cc21. The predicted molar refractivity (Wildman–Crippen MR) is 85.4 cm³/mol. The summed E-state index contributed by atoms with van der Waals surface area (Å²) in [5.74, 6) is 0.405. The number of hydrogen-bond donors (Lipinski definition) is 2. The monoisotopic (exact) mass is 401 g/mol. The number of hydrogen-bond acceptors (Lipinski definition) is 4. The lowest BCUT2D eigenvalue weighted by Crippen LogP contribution is -2.24. The fraction of sp³-hybridized carbons (Fsp3) is 0.214. The highest BCUT2D eigenvalue weighted by molar-refractivity contribution is 14.1. The molecule has 2 N–H and O–H groups in total. The third-order valence-corrected chi connectivity index (χ3v) is 4.92. The van der Waals surface area contributed by atoms with Crippen LogP contribution in [0.15, 0.2) is 29.6 Å². The van der Waals surface area contributed by atoms with Crippen molar-refractivity contribution >= 4 is 39.8 Å². The number of halogens is 1. The van der Waals surface area contributed by atoms with Gasteiger partial charge >= 0.3 is 0 Å². The summed E-state index contributed by atoms with van der Waals surface area (Å²) in [5.41, 5.74) is 2.01. The summed E-state index contributed by atoms with van der Waals surface area (Å²) in [4.78, 5) is 11.9. The average molecular weight is 401 g/mol. The zero-order chi connectivity index (χ0) is 14.1. The van der Waals surface area contributed by atoms with Gasteiger partial charge in [-0.05, 0) is 57.3 Å². The number of amides is 1. The first-order chi connectivity index (χ1) is 9.65. The Bertz CT molecular complexity index is 656. The molecule has 1 aromatic carbocycles. The van der Waals surface area contributed by atoms with Crippen molar-refractivity contribution in [1.82, 2.24) is 5.32 Å². The zero-order valence-electron chi connectivity index (χ0n) is 10.4. The maximum absolute atomic E-state index is 11.9. The molecule has 0 bridgehead atoms. The first-order valence-corrected chi connectivity index (χ1v) is 8.08. The fourth-order valence-corrected chi connectivity index (χ4v) is 3.49. The average Bonchev–Trinajstić information content (AvgIpc) is 2.80. The number of carbonyl (C=O) groups excluding carboxylic acids is 1. The van der Waals surface area contributed by atoms with E-state index in [9.17, 15) is 9.90 Å². The molecule has 1 unspecified atom stereocenters. The van der Waals surface area contributed by atoms with Gasteiger partial charge in [0.1, 0.15) is 18.5 Å². The highest BCUT2D eigenvalue weighted by Gasteiger charge is 2.20. The molecular formula is C14H12INO3S. The summed E-state index contributed by atoms with van der Waals surface area (Å²) in [6, 6.07) is 7.19. The van der Waals surface area contributed by atoms with E-state index < -0.39 is 6.10 Å². The summed E-state index contributed by atoms with van der Waals surface area (Å²) in [5, 5.41) is 15.1. The molecule has 0 fully saturated rings. The van der Waals surface area contributed by atoms with E-state index in [1.807, 2.05) is 11.4 Å². The van der Waals surface area contributed by atoms with Crippen LogP contribution in [0.5, 0.6) is 5.75 Å². The largest absolute Gasteiger partial charge is 0.491 e. The second-order valence-corrected chi connectivity index (χ2v) is 7.25. The molecule has 6 heteroatoms. The van der Waals surface area contributed by atoms with E-state index in [-0.39, 0.29) is 5.91 Å². The Balaban J connectivity index is 1.97. The first kappa shape index (κ1) is 13.8. The molecule has 0 aliphatic carbocycles. The molecule has 1 aliphatic heterocycles. The van der Waals surface area contributed by atoms with Gasteiger partial charge in [0.25, 0.3) is 5.91 Å². The van der Waals surface area contributed by atoms with Crippen molar-refractivity contribution in [3.05, 3.63) is 49.2 Å². The standard InChI is InChI=1S/C14H12INO3S/c15-12-6-9(7-20-12)13(17)8-1-2-11-10(5-8)14(18)16-3-4-19-11/h1-2,5-7,13,17H,3-4H2,(H,16,18). The van der Waals surface area contributed by atoms with Gasteiger partial charge in [0, 0.05) is 0 Å². The summed E-state index contributed by atoms with van der Waals surface area (Å²) >= 11 is 3.80. The minimum absolute atomic E-state index is 0.161. The van der Waals surface area contributed by atoms with Crippen LogP contribution in [0.2, 0.25) is 0 Å². The maximum atomic E-state index is 11.9. The van der Waals surface area contributed by atoms with Gasteiger partial charge in [0.15, 0.2) is 0 Å². The number of fused-ring (bicyclic) bond motifs is 1. The van der Waals surface area contributed by atoms with Crippen LogP contribution in [0.1, 0.15) is 27.6 Å². The van der Waals surface area contributed by atoms with Crippen molar-refractivity contribution in [3.63, 3.8) is 0 Å². The number of nitrogens with one attached hydrogen (secondary N) is 1. The van der Waals surface area contributed by atoms with Crippen molar-refractivity contribution in [2.45, 2.75) is 6.10 Å². The molecular weight excluding hydrogens is 389 g/mol. The van der Waals surface area contributed by atoms with Gasteiger partial charge < -0.3 is 15.2 Å². The molecule has 0 saturated carbocycles. The number of benzene rings is 1. The lowest BCUT2D eigenvalue weighted by atomic mass is 10.0. The molecule has 0 radical (unpaired) electrons. The highest BCUT2D eigenvalue weighted by atomic mass is 127. The number of aliphatic hydroxyl groups is 1. The number of carbonyl (C=O) groups is 1. The van der Waals surface area contributed by atoms with Crippen molar-refractivity contribution < 1.29 is 14.6 Å². The Kier molecular flexibility index (Phi) is 3.95. The smallest absolute Gasteiger partial charge is 0.255 e. The van der Waals surface area contributed by atoms with Gasteiger partial charge in [-0.2, -0.15) is 0 Å². The third-order valence-electron chi connectivity index (χ3n) is 3.11. The minimum atomic E-state index is -0.726. The third kappa shape index (κ3) is 2.68. The quantitative estimate of drug-likeness (QED) is 0.761. The van der Waals surface area contributed by atoms with Crippen LogP contribution in [0, 0.1) is 2.88 Å². The molecule has 1 atom stereocenters. The normalized spacial score (nSPS) is 15.8. The first-order valence-electron chi connectivity index (χ1n) is 6.12. The van der Waals surface area contributed by atoms with Crippen molar-refractivity contribution in [2.75, 3.05) is 13.2 Å². The fourth-order valence-electron chi connectivity index (χ4n) is 2.10. The number of aliphatic hydroxyl groups excluding tert-OH is 1. The second kappa shape index (κ2) is 5.71. The van der Waals surface area contributed by atoms with E-state index in [0.717, 1.165) is 8.45 Å². The molecule has 1 amide bonds. The van der Waals surface area contributed by atoms with Crippen LogP contribution in [0.4, 0.5) is 0 Å². The molecule has 20 heavy (non-hydrogen) atoms. The molecule has 0 saturated heterocycles. The number of rotatable bonds is 2. The van der Waals surface area contributed by atoms with Gasteiger partial charge in [0.2, 0.25) is 0 Å². The summed E-state index contributed by atoms with van der Waals surface area (Å²) < 4.78 is 6.62. The van der Waals surface area contributed by atoms with Crippen molar-refractivity contribution in [1.29, 1.82) is 0 Å². The van der Waals surface area contributed by atoms with Gasteiger partial charge in [0.05, 0.1) is 15.0 Å². The molecule has 1 aromatic heterocycles. The Morgan fingerprint density at radius 3 is 2.95 bits per heavy atom. The minimum Gasteiger partial charge on any atom is -0.491 e. The lowest BCUT2D eigenvalue weighted by Gasteiger charge is -2.12. The topological polar surface area (TPSA) is 58.6 Å². The second-order valence-electron chi connectivity index (χ2n) is 4.45. The van der Waals surface area contributed by atoms with Gasteiger partial charge in [-0.15, -0.1) is 11.3 Å². The van der Waals surface area contributed by atoms with Crippen LogP contribution in [-0.4, -0.2) is 24.2 Å². The van der Waals surface area contributed by atoms with Gasteiger partial charge in [-0.1, -0.05) is 6.07 Å². The summed E-state index contributed by atoms with van der Waals surface area (Å²) in [6.45, 7) is 0.956. The van der Waals surface area contributed by atoms with E-state index in [4.69, 9.17) is 4.74 Å². The highest BCUT2D eigenvalue weighted by Crippen LogP contribution is 2.30. The van der Waals surface area contributed by atoms with E-state index in [1.165, 1.54) is 0 Å². The van der Waals surface area contributed by atoms with E-state index in [1.54, 1.807) is 29.5 Å². The lowest BCUT2D eigenvalue weighted by molar-refractivity contribution is 0.0957. The van der Waals surface area contributed by atoms with Crippen LogP contribution in [0.25, 0.3) is 0 Å². The molecule has 104 valence electrons. The molecule has 2 heterocycles. The van der Waals surface area contributed by atoms with Crippen LogP contribution in [0.3, 0.4) is 0 Å². The zero-order valence-corrected chi connectivity index (χ0v) is 13.4. The molecule has 2 aromatic rings. The van der Waals surface area contributed by atoms with Crippen LogP contribution >= 0.6 is 33.9 Å². The predicted octanol–water partition coefficient (Wildman–Crippen LogP) is 2.56. The van der Waals surface area contributed by atoms with Crippen LogP contribution in [-0.2, 0) is 0 Å². The van der Waals surface area contributed by atoms with E-state index in [0.29, 0.717) is 30.0 Å². The molecule has 1 aliphatic rings. The van der Waals surface area contributed by atoms with E-state index >= 15 is 0 Å². The molecule has 4 nitrogen and oxygen atoms in total. The van der Waals surface area contributed by atoms with Crippen molar-refractivity contribution in [2.24, 2.45) is 0 Å². The Labute approximate surface area is 133 Å². The van der Waals surface area contributed by atoms with Crippen LogP contribution < -0.4 is 10.1 Å². The Hall–Kier alpha value is -1.12. The van der Waals surface area contributed by atoms with Gasteiger partial charge in [-0.25, -0.2) is 0 Å². The Morgan fingerprint density at radius 2 is 2.20 bits per heavy atom. The Morgan fingerprint density at radius 1 is 1.35 bits per heavy atom. The maximum Gasteiger partial charge on any atom is 0.255 e. The van der Waals surface area contributed by atoms with Gasteiger partial charge in [-0.3, -0.25) is 4.79 Å². The number of ether oxygens (including phenoxy) is 1.